The summed E-state index contributed by atoms with van der Waals surface area (Å²) in [5.41, 5.74) is 2.90. The van der Waals surface area contributed by atoms with Crippen molar-refractivity contribution in [1.82, 2.24) is 5.43 Å². The Hall–Kier alpha value is -0.120. The van der Waals surface area contributed by atoms with Gasteiger partial charge in [-0.2, -0.15) is 0 Å². The summed E-state index contributed by atoms with van der Waals surface area (Å²) in [6.45, 7) is 9.28. The summed E-state index contributed by atoms with van der Waals surface area (Å²) in [6.07, 6.45) is 5.16. The maximum Gasteiger partial charge on any atom is 0.0639 e. The Morgan fingerprint density at radius 1 is 1.13 bits per heavy atom. The van der Waals surface area contributed by atoms with Gasteiger partial charge in [0.05, 0.1) is 12.7 Å². The van der Waals surface area contributed by atoms with E-state index >= 15 is 0 Å². The molecule has 0 aliphatic heterocycles. The Morgan fingerprint density at radius 2 is 1.67 bits per heavy atom. The third-order valence-electron chi connectivity index (χ3n) is 2.71. The molecule has 0 rings (SSSR count). The number of ether oxygens (including phenoxy) is 1. The van der Waals surface area contributed by atoms with Crippen LogP contribution in [-0.2, 0) is 4.74 Å². The van der Waals surface area contributed by atoms with Gasteiger partial charge in [0.2, 0.25) is 0 Å². The summed E-state index contributed by atoms with van der Waals surface area (Å²) < 4.78 is 5.63. The number of hydrazine groups is 1. The first-order chi connectivity index (χ1) is 7.15. The van der Waals surface area contributed by atoms with E-state index < -0.39 is 0 Å². The molecule has 0 aromatic heterocycles. The minimum absolute atomic E-state index is 0.282. The summed E-state index contributed by atoms with van der Waals surface area (Å²) in [5.74, 6) is 6.23. The molecule has 3 N–H and O–H groups in total. The van der Waals surface area contributed by atoms with Crippen LogP contribution in [0.2, 0.25) is 0 Å². The zero-order chi connectivity index (χ0) is 11.7. The van der Waals surface area contributed by atoms with Crippen molar-refractivity contribution in [3.05, 3.63) is 0 Å². The lowest BCUT2D eigenvalue weighted by Gasteiger charge is -2.26. The maximum atomic E-state index is 5.63. The molecule has 1 atom stereocenters. The average molecular weight is 216 g/mol. The summed E-state index contributed by atoms with van der Waals surface area (Å²) >= 11 is 0. The quantitative estimate of drug-likeness (QED) is 0.460. The number of nitrogens with two attached hydrogens (primary N) is 1. The van der Waals surface area contributed by atoms with Gasteiger partial charge in [0.15, 0.2) is 0 Å². The highest BCUT2D eigenvalue weighted by Crippen LogP contribution is 2.18. The normalized spacial score (nSPS) is 13.8. The summed E-state index contributed by atoms with van der Waals surface area (Å²) in [7, 11) is 0. The zero-order valence-corrected chi connectivity index (χ0v) is 10.8. The molecule has 0 amide bonds. The Labute approximate surface area is 94.7 Å². The van der Waals surface area contributed by atoms with Crippen LogP contribution in [0.3, 0.4) is 0 Å². The van der Waals surface area contributed by atoms with Crippen LogP contribution in [0.4, 0.5) is 0 Å². The Kier molecular flexibility index (Phi) is 9.06. The van der Waals surface area contributed by atoms with Crippen molar-refractivity contribution in [1.29, 1.82) is 0 Å². The number of hydrogen-bond acceptors (Lipinski definition) is 3. The highest BCUT2D eigenvalue weighted by molar-refractivity contribution is 4.74. The number of hydrogen-bond donors (Lipinski definition) is 2. The summed E-state index contributed by atoms with van der Waals surface area (Å²) in [5, 5.41) is 0. The zero-order valence-electron chi connectivity index (χ0n) is 10.8. The minimum atomic E-state index is 0.282. The van der Waals surface area contributed by atoms with E-state index in [9.17, 15) is 0 Å². The molecule has 0 radical (unpaired) electrons. The fourth-order valence-electron chi connectivity index (χ4n) is 1.90. The van der Waals surface area contributed by atoms with E-state index in [-0.39, 0.29) is 6.10 Å². The summed E-state index contributed by atoms with van der Waals surface area (Å²) in [6, 6.07) is 0.298. The van der Waals surface area contributed by atoms with Gasteiger partial charge in [-0.1, -0.05) is 26.7 Å². The predicted octanol–water partition coefficient (Wildman–Crippen LogP) is 2.46. The van der Waals surface area contributed by atoms with Crippen molar-refractivity contribution in [3.8, 4) is 0 Å². The van der Waals surface area contributed by atoms with Crippen molar-refractivity contribution >= 4 is 0 Å². The Balaban J connectivity index is 4.05. The van der Waals surface area contributed by atoms with Crippen LogP contribution in [-0.4, -0.2) is 18.8 Å². The first-order valence-electron chi connectivity index (χ1n) is 6.23. The number of rotatable bonds is 9. The molecular formula is C12H28N2O. The average Bonchev–Trinajstić information content (AvgIpc) is 2.19. The standard InChI is InChI=1S/C12H28N2O/c1-5-7-11(8-6-2)12(14-13)9-15-10(3)4/h10-12,14H,5-9,13H2,1-4H3. The smallest absolute Gasteiger partial charge is 0.0639 e. The van der Waals surface area contributed by atoms with Crippen LogP contribution in [0.1, 0.15) is 53.4 Å². The number of nitrogens with one attached hydrogen (secondary N) is 1. The molecule has 0 saturated carbocycles. The fraction of sp³-hybridized carbons (Fsp3) is 1.00. The van der Waals surface area contributed by atoms with E-state index in [2.05, 4.69) is 33.1 Å². The molecule has 0 bridgehead atoms. The summed E-state index contributed by atoms with van der Waals surface area (Å²) in [4.78, 5) is 0. The van der Waals surface area contributed by atoms with Gasteiger partial charge >= 0.3 is 0 Å². The van der Waals surface area contributed by atoms with Crippen LogP contribution in [0, 0.1) is 5.92 Å². The molecule has 3 heteroatoms. The molecule has 0 aromatic rings. The van der Waals surface area contributed by atoms with Crippen LogP contribution in [0.25, 0.3) is 0 Å². The van der Waals surface area contributed by atoms with Crippen molar-refractivity contribution in [3.63, 3.8) is 0 Å². The van der Waals surface area contributed by atoms with Gasteiger partial charge in [0.25, 0.3) is 0 Å². The van der Waals surface area contributed by atoms with Gasteiger partial charge in [-0.25, -0.2) is 0 Å². The monoisotopic (exact) mass is 216 g/mol. The van der Waals surface area contributed by atoms with Gasteiger partial charge in [-0.05, 0) is 32.6 Å². The van der Waals surface area contributed by atoms with Gasteiger partial charge in [-0.3, -0.25) is 11.3 Å². The maximum absolute atomic E-state index is 5.63. The van der Waals surface area contributed by atoms with E-state index in [1.54, 1.807) is 0 Å². The third-order valence-corrected chi connectivity index (χ3v) is 2.71. The van der Waals surface area contributed by atoms with Crippen LogP contribution in [0.15, 0.2) is 0 Å². The molecule has 0 aromatic carbocycles. The van der Waals surface area contributed by atoms with Crippen LogP contribution in [0.5, 0.6) is 0 Å². The highest BCUT2D eigenvalue weighted by atomic mass is 16.5. The Morgan fingerprint density at radius 3 is 2.00 bits per heavy atom. The third kappa shape index (κ3) is 6.88. The topological polar surface area (TPSA) is 47.3 Å². The van der Waals surface area contributed by atoms with E-state index in [4.69, 9.17) is 10.6 Å². The highest BCUT2D eigenvalue weighted by Gasteiger charge is 2.19. The molecule has 1 unspecified atom stereocenters. The molecule has 3 nitrogen and oxygen atoms in total. The molecule has 0 fully saturated rings. The van der Waals surface area contributed by atoms with Crippen molar-refractivity contribution < 1.29 is 4.74 Å². The van der Waals surface area contributed by atoms with Crippen molar-refractivity contribution in [2.24, 2.45) is 11.8 Å². The van der Waals surface area contributed by atoms with Gasteiger partial charge < -0.3 is 4.74 Å². The van der Waals surface area contributed by atoms with E-state index in [1.165, 1.54) is 25.7 Å². The molecule has 0 aliphatic rings. The molecule has 92 valence electrons. The Bertz CT molecular complexity index is 134. The second-order valence-electron chi connectivity index (χ2n) is 4.49. The van der Waals surface area contributed by atoms with Gasteiger partial charge in [-0.15, -0.1) is 0 Å². The predicted molar refractivity (Wildman–Crippen MR) is 65.5 cm³/mol. The fourth-order valence-corrected chi connectivity index (χ4v) is 1.90. The molecular weight excluding hydrogens is 188 g/mol. The minimum Gasteiger partial charge on any atom is -0.377 e. The molecule has 0 saturated heterocycles. The van der Waals surface area contributed by atoms with Crippen LogP contribution < -0.4 is 11.3 Å². The second kappa shape index (κ2) is 9.13. The SMILES string of the molecule is CCCC(CCC)C(COC(C)C)NN. The lowest BCUT2D eigenvalue weighted by atomic mass is 9.91. The van der Waals surface area contributed by atoms with Crippen molar-refractivity contribution in [2.75, 3.05) is 6.61 Å². The molecule has 0 spiro atoms. The van der Waals surface area contributed by atoms with E-state index in [0.29, 0.717) is 12.0 Å². The molecule has 15 heavy (non-hydrogen) atoms. The van der Waals surface area contributed by atoms with Crippen molar-refractivity contribution in [2.45, 2.75) is 65.5 Å². The second-order valence-corrected chi connectivity index (χ2v) is 4.49. The molecule has 0 heterocycles. The van der Waals surface area contributed by atoms with Gasteiger partial charge in [0, 0.05) is 6.04 Å². The largest absolute Gasteiger partial charge is 0.377 e. The van der Waals surface area contributed by atoms with E-state index in [0.717, 1.165) is 6.61 Å². The van der Waals surface area contributed by atoms with Gasteiger partial charge in [0.1, 0.15) is 0 Å². The first-order valence-corrected chi connectivity index (χ1v) is 6.23. The van der Waals surface area contributed by atoms with Crippen LogP contribution >= 0.6 is 0 Å². The molecule has 0 aliphatic carbocycles. The first kappa shape index (κ1) is 14.9. The lowest BCUT2D eigenvalue weighted by Crippen LogP contribution is -2.44. The van der Waals surface area contributed by atoms with E-state index in [1.807, 2.05) is 0 Å². The lowest BCUT2D eigenvalue weighted by molar-refractivity contribution is 0.0455.